The zero-order chi connectivity index (χ0) is 23.4. The molecule has 0 spiro atoms. The molecule has 170 valence electrons. The van der Waals surface area contributed by atoms with E-state index in [4.69, 9.17) is 0 Å². The van der Waals surface area contributed by atoms with Gasteiger partial charge in [-0.15, -0.1) is 13.2 Å². The van der Waals surface area contributed by atoms with Crippen LogP contribution in [-0.2, 0) is 17.7 Å². The van der Waals surface area contributed by atoms with Crippen LogP contribution < -0.4 is 10.1 Å². The van der Waals surface area contributed by atoms with Gasteiger partial charge in [0.15, 0.2) is 4.90 Å². The predicted octanol–water partition coefficient (Wildman–Crippen LogP) is 4.77. The first-order chi connectivity index (χ1) is 15.7. The number of benzene rings is 2. The standard InChI is InChI=1S/C22H18F3N5O2S/c1-33(31)19-8-2-15(3-9-19)12-30-13-16(11-28-30)20-10-21(27-14-26-20)29-17-4-6-18(7-5-17)32-22(23,24)25/h2-11,13-14H,12H2,1H3,(H,26,27,29). The molecule has 0 aliphatic rings. The van der Waals surface area contributed by atoms with E-state index >= 15 is 0 Å². The molecule has 0 bridgehead atoms. The molecule has 1 unspecified atom stereocenters. The van der Waals surface area contributed by atoms with Crippen molar-refractivity contribution in [2.24, 2.45) is 0 Å². The van der Waals surface area contributed by atoms with Gasteiger partial charge in [-0.2, -0.15) is 5.10 Å². The Labute approximate surface area is 190 Å². The Morgan fingerprint density at radius 3 is 2.45 bits per heavy atom. The molecule has 11 heteroatoms. The molecule has 1 N–H and O–H groups in total. The first-order valence-electron chi connectivity index (χ1n) is 9.65. The van der Waals surface area contributed by atoms with Gasteiger partial charge in [0.25, 0.3) is 0 Å². The summed E-state index contributed by atoms with van der Waals surface area (Å²) in [7, 11) is 0. The normalized spacial score (nSPS) is 12.4. The minimum atomic E-state index is -4.74. The second-order valence-corrected chi connectivity index (χ2v) is 8.39. The van der Waals surface area contributed by atoms with Crippen molar-refractivity contribution in [1.82, 2.24) is 19.7 Å². The highest BCUT2D eigenvalue weighted by Gasteiger charge is 2.30. The molecular formula is C22H18F3N5O2S. The van der Waals surface area contributed by atoms with Gasteiger partial charge in [-0.05, 0) is 53.1 Å². The summed E-state index contributed by atoms with van der Waals surface area (Å²) in [5, 5.41) is 7.39. The summed E-state index contributed by atoms with van der Waals surface area (Å²) in [6.45, 7) is 0.541. The smallest absolute Gasteiger partial charge is 0.573 e. The Kier molecular flexibility index (Phi) is 6.52. The van der Waals surface area contributed by atoms with Crippen molar-refractivity contribution in [2.75, 3.05) is 11.6 Å². The summed E-state index contributed by atoms with van der Waals surface area (Å²) in [4.78, 5) is 9.19. The molecule has 0 saturated carbocycles. The molecule has 0 aliphatic carbocycles. The van der Waals surface area contributed by atoms with Gasteiger partial charge in [0.05, 0.1) is 18.4 Å². The van der Waals surface area contributed by atoms with Crippen LogP contribution in [0.5, 0.6) is 5.75 Å². The number of nitrogens with zero attached hydrogens (tertiary/aromatic N) is 4. The number of rotatable bonds is 7. The van der Waals surface area contributed by atoms with E-state index in [1.165, 1.54) is 30.6 Å². The van der Waals surface area contributed by atoms with Crippen LogP contribution in [0.4, 0.5) is 24.7 Å². The lowest BCUT2D eigenvalue weighted by molar-refractivity contribution is -0.274. The second-order valence-electron chi connectivity index (χ2n) is 7.01. The molecule has 0 radical (unpaired) electrons. The molecule has 1 atom stereocenters. The molecule has 0 aliphatic heterocycles. The topological polar surface area (TPSA) is 87.9 Å². The molecule has 33 heavy (non-hydrogen) atoms. The minimum absolute atomic E-state index is 0.304. The van der Waals surface area contributed by atoms with E-state index in [9.17, 15) is 17.7 Å². The van der Waals surface area contributed by atoms with Crippen molar-refractivity contribution in [1.29, 1.82) is 0 Å². The Bertz CT molecular complexity index is 1210. The summed E-state index contributed by atoms with van der Waals surface area (Å²) >= 11 is -1.02. The van der Waals surface area contributed by atoms with Crippen molar-refractivity contribution in [3.8, 4) is 17.0 Å². The molecule has 0 saturated heterocycles. The molecule has 2 aromatic carbocycles. The number of alkyl halides is 3. The molecule has 0 amide bonds. The van der Waals surface area contributed by atoms with Gasteiger partial charge in [0, 0.05) is 23.5 Å². The number of hydrogen-bond donors (Lipinski definition) is 1. The van der Waals surface area contributed by atoms with E-state index in [0.29, 0.717) is 23.7 Å². The zero-order valence-electron chi connectivity index (χ0n) is 17.3. The van der Waals surface area contributed by atoms with E-state index in [0.717, 1.165) is 16.0 Å². The summed E-state index contributed by atoms with van der Waals surface area (Å²) in [5.74, 6) is 0.168. The third kappa shape index (κ3) is 6.24. The predicted molar refractivity (Wildman–Crippen MR) is 118 cm³/mol. The van der Waals surface area contributed by atoms with Crippen molar-refractivity contribution in [3.63, 3.8) is 0 Å². The van der Waals surface area contributed by atoms with E-state index in [1.807, 2.05) is 30.5 Å². The highest BCUT2D eigenvalue weighted by molar-refractivity contribution is 7.90. The molecular weight excluding hydrogens is 455 g/mol. The van der Waals surface area contributed by atoms with Crippen LogP contribution in [0.15, 0.2) is 78.2 Å². The van der Waals surface area contributed by atoms with Crippen LogP contribution in [0.25, 0.3) is 11.3 Å². The Morgan fingerprint density at radius 2 is 1.79 bits per heavy atom. The first-order valence-corrected chi connectivity index (χ1v) is 11.2. The van der Waals surface area contributed by atoms with Gasteiger partial charge < -0.3 is 14.6 Å². The fourth-order valence-corrected chi connectivity index (χ4v) is 3.55. The number of ether oxygens (including phenoxy) is 1. The molecule has 2 aromatic heterocycles. The lowest BCUT2D eigenvalue weighted by Gasteiger charge is -2.10. The van der Waals surface area contributed by atoms with E-state index in [2.05, 4.69) is 25.1 Å². The SMILES string of the molecule is C[S+]([O-])c1ccc(Cn2cc(-c3cc(Nc4ccc(OC(F)(F)F)cc4)ncn3)cn2)cc1. The maximum atomic E-state index is 12.3. The first kappa shape index (κ1) is 22.6. The van der Waals surface area contributed by atoms with Crippen LogP contribution in [0.1, 0.15) is 5.56 Å². The molecule has 4 aromatic rings. The maximum absolute atomic E-state index is 12.3. The monoisotopic (exact) mass is 473 g/mol. The average molecular weight is 473 g/mol. The lowest BCUT2D eigenvalue weighted by Crippen LogP contribution is -2.16. The van der Waals surface area contributed by atoms with Crippen LogP contribution in [0.3, 0.4) is 0 Å². The molecule has 2 heterocycles. The quantitative estimate of drug-likeness (QED) is 0.389. The van der Waals surface area contributed by atoms with Crippen LogP contribution in [0.2, 0.25) is 0 Å². The van der Waals surface area contributed by atoms with Crippen LogP contribution >= 0.6 is 0 Å². The van der Waals surface area contributed by atoms with E-state index < -0.39 is 17.5 Å². The van der Waals surface area contributed by atoms with Crippen molar-refractivity contribution < 1.29 is 22.5 Å². The molecule has 4 rings (SSSR count). The van der Waals surface area contributed by atoms with E-state index in [1.54, 1.807) is 23.2 Å². The summed E-state index contributed by atoms with van der Waals surface area (Å²) in [5.41, 5.74) is 2.97. The second kappa shape index (κ2) is 9.51. The maximum Gasteiger partial charge on any atom is 0.573 e. The summed E-state index contributed by atoms with van der Waals surface area (Å²) < 4.78 is 54.0. The van der Waals surface area contributed by atoms with Gasteiger partial charge in [0.1, 0.15) is 24.2 Å². The average Bonchev–Trinajstić information content (AvgIpc) is 3.23. The summed E-state index contributed by atoms with van der Waals surface area (Å²) in [6, 6.07) is 14.6. The molecule has 0 fully saturated rings. The lowest BCUT2D eigenvalue weighted by atomic mass is 10.2. The Hall–Kier alpha value is -3.57. The Morgan fingerprint density at radius 1 is 1.06 bits per heavy atom. The van der Waals surface area contributed by atoms with Crippen molar-refractivity contribution >= 4 is 22.7 Å². The van der Waals surface area contributed by atoms with Crippen molar-refractivity contribution in [3.05, 3.63) is 78.9 Å². The number of aromatic nitrogens is 4. The van der Waals surface area contributed by atoms with Crippen molar-refractivity contribution in [2.45, 2.75) is 17.8 Å². The van der Waals surface area contributed by atoms with Crippen LogP contribution in [-0.4, -0.2) is 36.9 Å². The number of anilines is 2. The van der Waals surface area contributed by atoms with Crippen LogP contribution in [0, 0.1) is 0 Å². The minimum Gasteiger partial charge on any atom is -0.612 e. The fourth-order valence-electron chi connectivity index (χ4n) is 3.03. The van der Waals surface area contributed by atoms with Gasteiger partial charge in [-0.3, -0.25) is 4.68 Å². The number of halogens is 3. The number of nitrogens with one attached hydrogen (secondary N) is 1. The van der Waals surface area contributed by atoms with Gasteiger partial charge in [-0.1, -0.05) is 12.1 Å². The molecule has 7 nitrogen and oxygen atoms in total. The van der Waals surface area contributed by atoms with Gasteiger partial charge in [-0.25, -0.2) is 9.97 Å². The third-order valence-corrected chi connectivity index (χ3v) is 5.49. The highest BCUT2D eigenvalue weighted by Crippen LogP contribution is 2.26. The third-order valence-electron chi connectivity index (χ3n) is 4.56. The summed E-state index contributed by atoms with van der Waals surface area (Å²) in [6.07, 6.45) is 1.82. The fraction of sp³-hybridized carbons (Fsp3) is 0.136. The van der Waals surface area contributed by atoms with E-state index in [-0.39, 0.29) is 5.75 Å². The Balaban J connectivity index is 1.43. The highest BCUT2D eigenvalue weighted by atomic mass is 32.2. The van der Waals surface area contributed by atoms with Gasteiger partial charge in [0.2, 0.25) is 0 Å². The van der Waals surface area contributed by atoms with Gasteiger partial charge >= 0.3 is 6.36 Å². The zero-order valence-corrected chi connectivity index (χ0v) is 18.1. The largest absolute Gasteiger partial charge is 0.612 e. The number of hydrogen-bond acceptors (Lipinski definition) is 6.